The van der Waals surface area contributed by atoms with Crippen molar-refractivity contribution in [2.75, 3.05) is 24.3 Å². The number of carbonyl (C=O) groups is 2. The minimum atomic E-state index is -0.532. The van der Waals surface area contributed by atoms with Gasteiger partial charge < -0.3 is 20.7 Å². The molecule has 2 rings (SSSR count). The SMILES string of the molecule is COc1ccc(NC(=O)CNC(=O)Nc2cccc(C#N)c2)cc1. The highest BCUT2D eigenvalue weighted by molar-refractivity contribution is 5.97. The molecule has 7 heteroatoms. The second-order valence-corrected chi connectivity index (χ2v) is 4.78. The maximum Gasteiger partial charge on any atom is 0.319 e. The second-order valence-electron chi connectivity index (χ2n) is 4.78. The molecule has 0 aliphatic rings. The Kier molecular flexibility index (Phi) is 5.75. The number of ether oxygens (including phenoxy) is 1. The van der Waals surface area contributed by atoms with E-state index in [9.17, 15) is 9.59 Å². The molecular formula is C17H16N4O3. The standard InChI is InChI=1S/C17H16N4O3/c1-24-15-7-5-13(6-8-15)20-16(22)11-19-17(23)21-14-4-2-3-12(9-14)10-18/h2-9H,11H2,1H3,(H,20,22)(H2,19,21,23). The molecule has 7 nitrogen and oxygen atoms in total. The van der Waals surface area contributed by atoms with Crippen LogP contribution in [-0.2, 0) is 4.79 Å². The van der Waals surface area contributed by atoms with Crippen molar-refractivity contribution in [1.29, 1.82) is 5.26 Å². The number of carbonyl (C=O) groups excluding carboxylic acids is 2. The van der Waals surface area contributed by atoms with E-state index in [0.717, 1.165) is 0 Å². The number of hydrogen-bond donors (Lipinski definition) is 3. The van der Waals surface area contributed by atoms with Gasteiger partial charge in [0.15, 0.2) is 0 Å². The zero-order valence-corrected chi connectivity index (χ0v) is 13.0. The van der Waals surface area contributed by atoms with E-state index in [0.29, 0.717) is 22.7 Å². The van der Waals surface area contributed by atoms with E-state index < -0.39 is 6.03 Å². The van der Waals surface area contributed by atoms with Crippen LogP contribution in [0.15, 0.2) is 48.5 Å². The van der Waals surface area contributed by atoms with Gasteiger partial charge in [0.25, 0.3) is 0 Å². The third kappa shape index (κ3) is 5.03. The van der Waals surface area contributed by atoms with Gasteiger partial charge in [0.1, 0.15) is 5.75 Å². The van der Waals surface area contributed by atoms with Crippen LogP contribution in [0.4, 0.5) is 16.2 Å². The molecule has 0 atom stereocenters. The highest BCUT2D eigenvalue weighted by atomic mass is 16.5. The predicted molar refractivity (Wildman–Crippen MR) is 89.8 cm³/mol. The zero-order chi connectivity index (χ0) is 17.4. The van der Waals surface area contributed by atoms with Gasteiger partial charge in [0.05, 0.1) is 25.3 Å². The summed E-state index contributed by atoms with van der Waals surface area (Å²) in [5.41, 5.74) is 1.51. The summed E-state index contributed by atoms with van der Waals surface area (Å²) in [4.78, 5) is 23.5. The molecule has 0 radical (unpaired) electrons. The van der Waals surface area contributed by atoms with Crippen LogP contribution in [0, 0.1) is 11.3 Å². The molecule has 3 N–H and O–H groups in total. The Morgan fingerprint density at radius 1 is 1.08 bits per heavy atom. The number of amides is 3. The highest BCUT2D eigenvalue weighted by Crippen LogP contribution is 2.14. The summed E-state index contributed by atoms with van der Waals surface area (Å²) in [5.74, 6) is 0.325. The maximum absolute atomic E-state index is 11.8. The summed E-state index contributed by atoms with van der Waals surface area (Å²) in [6, 6.07) is 14.8. The maximum atomic E-state index is 11.8. The molecule has 0 aliphatic heterocycles. The molecule has 0 unspecified atom stereocenters. The molecular weight excluding hydrogens is 308 g/mol. The fraction of sp³-hybridized carbons (Fsp3) is 0.118. The second kappa shape index (κ2) is 8.19. The quantitative estimate of drug-likeness (QED) is 0.785. The number of nitrogens with one attached hydrogen (secondary N) is 3. The van der Waals surface area contributed by atoms with E-state index in [2.05, 4.69) is 16.0 Å². The lowest BCUT2D eigenvalue weighted by Crippen LogP contribution is -2.35. The van der Waals surface area contributed by atoms with Gasteiger partial charge >= 0.3 is 6.03 Å². The first-order valence-electron chi connectivity index (χ1n) is 7.09. The normalized spacial score (nSPS) is 9.50. The van der Waals surface area contributed by atoms with E-state index in [-0.39, 0.29) is 12.5 Å². The third-order valence-corrected chi connectivity index (χ3v) is 3.03. The Labute approximate surface area is 139 Å². The van der Waals surface area contributed by atoms with Crippen LogP contribution < -0.4 is 20.7 Å². The monoisotopic (exact) mass is 324 g/mol. The summed E-state index contributed by atoms with van der Waals surface area (Å²) in [7, 11) is 1.56. The minimum absolute atomic E-state index is 0.185. The smallest absolute Gasteiger partial charge is 0.319 e. The van der Waals surface area contributed by atoms with Crippen LogP contribution in [0.3, 0.4) is 0 Å². The lowest BCUT2D eigenvalue weighted by Gasteiger charge is -2.09. The fourth-order valence-corrected chi connectivity index (χ4v) is 1.88. The topological polar surface area (TPSA) is 103 Å². The van der Waals surface area contributed by atoms with Crippen molar-refractivity contribution in [3.63, 3.8) is 0 Å². The van der Waals surface area contributed by atoms with Crippen molar-refractivity contribution >= 4 is 23.3 Å². The summed E-state index contributed by atoms with van der Waals surface area (Å²) < 4.78 is 5.03. The van der Waals surface area contributed by atoms with Gasteiger partial charge in [-0.05, 0) is 42.5 Å². The minimum Gasteiger partial charge on any atom is -0.497 e. The Morgan fingerprint density at radius 3 is 2.50 bits per heavy atom. The van der Waals surface area contributed by atoms with Crippen molar-refractivity contribution in [3.8, 4) is 11.8 Å². The average molecular weight is 324 g/mol. The largest absolute Gasteiger partial charge is 0.497 e. The summed E-state index contributed by atoms with van der Waals surface area (Å²) in [6.45, 7) is -0.185. The third-order valence-electron chi connectivity index (χ3n) is 3.03. The van der Waals surface area contributed by atoms with Crippen LogP contribution in [0.5, 0.6) is 5.75 Å². The van der Waals surface area contributed by atoms with Gasteiger partial charge in [0, 0.05) is 11.4 Å². The van der Waals surface area contributed by atoms with Crippen molar-refractivity contribution in [2.45, 2.75) is 0 Å². The molecule has 0 fully saturated rings. The number of nitrogens with zero attached hydrogens (tertiary/aromatic N) is 1. The van der Waals surface area contributed by atoms with Crippen LogP contribution in [0.25, 0.3) is 0 Å². The fourth-order valence-electron chi connectivity index (χ4n) is 1.88. The molecule has 24 heavy (non-hydrogen) atoms. The first kappa shape index (κ1) is 16.8. The first-order valence-corrected chi connectivity index (χ1v) is 7.09. The average Bonchev–Trinajstić information content (AvgIpc) is 2.61. The first-order chi connectivity index (χ1) is 11.6. The van der Waals surface area contributed by atoms with Crippen molar-refractivity contribution in [3.05, 3.63) is 54.1 Å². The number of urea groups is 1. The Morgan fingerprint density at radius 2 is 1.83 bits per heavy atom. The Bertz CT molecular complexity index is 766. The number of nitriles is 1. The van der Waals surface area contributed by atoms with Crippen molar-refractivity contribution in [1.82, 2.24) is 5.32 Å². The Balaban J connectivity index is 1.80. The molecule has 0 saturated heterocycles. The number of hydrogen-bond acceptors (Lipinski definition) is 4. The van der Waals surface area contributed by atoms with Gasteiger partial charge in [-0.3, -0.25) is 4.79 Å². The van der Waals surface area contributed by atoms with Gasteiger partial charge in [-0.25, -0.2) is 4.79 Å². The molecule has 0 heterocycles. The van der Waals surface area contributed by atoms with E-state index in [4.69, 9.17) is 10.00 Å². The lowest BCUT2D eigenvalue weighted by molar-refractivity contribution is -0.115. The predicted octanol–water partition coefficient (Wildman–Crippen LogP) is 2.33. The van der Waals surface area contributed by atoms with Crippen LogP contribution in [-0.4, -0.2) is 25.6 Å². The molecule has 0 aliphatic carbocycles. The Hall–Kier alpha value is -3.53. The number of anilines is 2. The van der Waals surface area contributed by atoms with E-state index in [1.54, 1.807) is 49.6 Å². The molecule has 2 aromatic rings. The van der Waals surface area contributed by atoms with Gasteiger partial charge in [-0.1, -0.05) is 6.07 Å². The van der Waals surface area contributed by atoms with Crippen molar-refractivity contribution < 1.29 is 14.3 Å². The molecule has 2 aromatic carbocycles. The molecule has 0 spiro atoms. The molecule has 3 amide bonds. The molecule has 122 valence electrons. The lowest BCUT2D eigenvalue weighted by atomic mass is 10.2. The molecule has 0 bridgehead atoms. The van der Waals surface area contributed by atoms with Gasteiger partial charge in [-0.15, -0.1) is 0 Å². The van der Waals surface area contributed by atoms with E-state index in [1.807, 2.05) is 6.07 Å². The van der Waals surface area contributed by atoms with Crippen LogP contribution in [0.1, 0.15) is 5.56 Å². The van der Waals surface area contributed by atoms with E-state index >= 15 is 0 Å². The summed E-state index contributed by atoms with van der Waals surface area (Å²) in [6.07, 6.45) is 0. The zero-order valence-electron chi connectivity index (χ0n) is 13.0. The number of benzene rings is 2. The van der Waals surface area contributed by atoms with E-state index in [1.165, 1.54) is 6.07 Å². The van der Waals surface area contributed by atoms with Crippen LogP contribution >= 0.6 is 0 Å². The van der Waals surface area contributed by atoms with Crippen LogP contribution in [0.2, 0.25) is 0 Å². The van der Waals surface area contributed by atoms with Gasteiger partial charge in [-0.2, -0.15) is 5.26 Å². The highest BCUT2D eigenvalue weighted by Gasteiger charge is 2.06. The van der Waals surface area contributed by atoms with Gasteiger partial charge in [0.2, 0.25) is 5.91 Å². The van der Waals surface area contributed by atoms with Crippen molar-refractivity contribution in [2.24, 2.45) is 0 Å². The number of rotatable bonds is 5. The summed E-state index contributed by atoms with van der Waals surface area (Å²) in [5, 5.41) is 16.5. The molecule has 0 aromatic heterocycles. The summed E-state index contributed by atoms with van der Waals surface area (Å²) >= 11 is 0. The number of methoxy groups -OCH3 is 1. The molecule has 0 saturated carbocycles.